The molecule has 0 amide bonds. The van der Waals surface area contributed by atoms with E-state index in [9.17, 15) is 14.0 Å². The highest BCUT2D eigenvalue weighted by atomic mass is 19.1. The molecule has 4 saturated carbocycles. The lowest BCUT2D eigenvalue weighted by atomic mass is 9.45. The average molecular weight is 517 g/mol. The molecule has 4 fully saturated rings. The first-order valence-electron chi connectivity index (χ1n) is 14.8. The fourth-order valence-electron chi connectivity index (χ4n) is 9.15. The standard InChI is InChI=1S/C34H41FO3/c1-21(23-9-11-26(30(35)19-23)22-7-5-4-6-8-22)32(37)38-25-15-17-33(2)24(20-25)10-12-27-28-13-14-31(36)34(28,3)18-16-29(27)33/h4-9,11,19,21,24-25,27-29H,10,12-18,20H2,1-3H3/t21?,24-,25+,27-,28-,29-,33-,34-/m0/s1. The Bertz CT molecular complexity index is 1220. The van der Waals surface area contributed by atoms with Gasteiger partial charge >= 0.3 is 5.97 Å². The van der Waals surface area contributed by atoms with E-state index in [1.807, 2.05) is 43.3 Å². The molecule has 0 spiro atoms. The van der Waals surface area contributed by atoms with Crippen molar-refractivity contribution in [1.82, 2.24) is 0 Å². The molecule has 4 aliphatic rings. The summed E-state index contributed by atoms with van der Waals surface area (Å²) >= 11 is 0. The van der Waals surface area contributed by atoms with Crippen molar-refractivity contribution in [3.63, 3.8) is 0 Å². The van der Waals surface area contributed by atoms with Crippen LogP contribution in [0.4, 0.5) is 4.39 Å². The zero-order valence-corrected chi connectivity index (χ0v) is 23.0. The predicted octanol–water partition coefficient (Wildman–Crippen LogP) is 8.12. The molecule has 1 unspecified atom stereocenters. The highest BCUT2D eigenvalue weighted by Gasteiger charge is 2.60. The van der Waals surface area contributed by atoms with Gasteiger partial charge in [-0.15, -0.1) is 0 Å². The van der Waals surface area contributed by atoms with E-state index in [1.54, 1.807) is 6.07 Å². The molecule has 0 aliphatic heterocycles. The molecule has 202 valence electrons. The third-order valence-electron chi connectivity index (χ3n) is 11.5. The smallest absolute Gasteiger partial charge is 0.313 e. The van der Waals surface area contributed by atoms with Crippen molar-refractivity contribution in [2.75, 3.05) is 0 Å². The van der Waals surface area contributed by atoms with Gasteiger partial charge in [0.05, 0.1) is 5.92 Å². The van der Waals surface area contributed by atoms with Gasteiger partial charge in [0.2, 0.25) is 0 Å². The Labute approximate surface area is 226 Å². The summed E-state index contributed by atoms with van der Waals surface area (Å²) in [6, 6.07) is 14.6. The van der Waals surface area contributed by atoms with Crippen molar-refractivity contribution in [2.24, 2.45) is 34.5 Å². The second kappa shape index (κ2) is 9.61. The van der Waals surface area contributed by atoms with E-state index in [0.717, 1.165) is 44.1 Å². The summed E-state index contributed by atoms with van der Waals surface area (Å²) in [5.41, 5.74) is 2.23. The molecule has 6 rings (SSSR count). The van der Waals surface area contributed by atoms with E-state index >= 15 is 0 Å². The summed E-state index contributed by atoms with van der Waals surface area (Å²) in [5, 5.41) is 0. The number of ketones is 1. The maximum atomic E-state index is 14.9. The quantitative estimate of drug-likeness (QED) is 0.385. The zero-order valence-electron chi connectivity index (χ0n) is 23.0. The molecule has 2 aromatic rings. The van der Waals surface area contributed by atoms with Crippen LogP contribution in [-0.4, -0.2) is 17.9 Å². The van der Waals surface area contributed by atoms with E-state index in [0.29, 0.717) is 40.6 Å². The molecule has 2 aromatic carbocycles. The molecule has 8 atom stereocenters. The third-order valence-corrected chi connectivity index (χ3v) is 11.5. The van der Waals surface area contributed by atoms with Crippen LogP contribution in [0.25, 0.3) is 11.1 Å². The van der Waals surface area contributed by atoms with Crippen LogP contribution < -0.4 is 0 Å². The van der Waals surface area contributed by atoms with Crippen LogP contribution in [0.2, 0.25) is 0 Å². The van der Waals surface area contributed by atoms with Crippen LogP contribution in [0.5, 0.6) is 0 Å². The van der Waals surface area contributed by atoms with Gasteiger partial charge in [0.1, 0.15) is 17.7 Å². The lowest BCUT2D eigenvalue weighted by Gasteiger charge is -2.60. The summed E-state index contributed by atoms with van der Waals surface area (Å²) in [4.78, 5) is 25.9. The van der Waals surface area contributed by atoms with Crippen LogP contribution in [-0.2, 0) is 14.3 Å². The van der Waals surface area contributed by atoms with Crippen molar-refractivity contribution in [3.05, 3.63) is 59.9 Å². The van der Waals surface area contributed by atoms with Crippen LogP contribution in [0.3, 0.4) is 0 Å². The third kappa shape index (κ3) is 4.14. The van der Waals surface area contributed by atoms with E-state index in [4.69, 9.17) is 4.74 Å². The number of halogens is 1. The van der Waals surface area contributed by atoms with Gasteiger partial charge in [0.25, 0.3) is 0 Å². The summed E-state index contributed by atoms with van der Waals surface area (Å²) in [6.45, 7) is 6.56. The minimum Gasteiger partial charge on any atom is -0.462 e. The lowest BCUT2D eigenvalue weighted by molar-refractivity contribution is -0.163. The minimum atomic E-state index is -0.505. The minimum absolute atomic E-state index is 0.0603. The largest absolute Gasteiger partial charge is 0.462 e. The number of ether oxygens (including phenoxy) is 1. The molecule has 0 saturated heterocycles. The van der Waals surface area contributed by atoms with E-state index in [-0.39, 0.29) is 28.7 Å². The maximum absolute atomic E-state index is 14.9. The number of benzene rings is 2. The number of esters is 1. The number of Topliss-reactive ketones (excluding diaryl/α,β-unsaturated/α-hetero) is 1. The summed E-state index contributed by atoms with van der Waals surface area (Å²) in [5.74, 6) is 1.93. The molecule has 4 heteroatoms. The highest BCUT2D eigenvalue weighted by molar-refractivity contribution is 5.87. The maximum Gasteiger partial charge on any atom is 0.313 e. The number of fused-ring (bicyclic) bond motifs is 5. The topological polar surface area (TPSA) is 43.4 Å². The zero-order chi connectivity index (χ0) is 26.7. The van der Waals surface area contributed by atoms with Crippen LogP contribution >= 0.6 is 0 Å². The Kier molecular flexibility index (Phi) is 6.52. The van der Waals surface area contributed by atoms with E-state index in [1.165, 1.54) is 25.3 Å². The van der Waals surface area contributed by atoms with Gasteiger partial charge in [0.15, 0.2) is 0 Å². The second-order valence-corrected chi connectivity index (χ2v) is 13.2. The SMILES string of the molecule is CC(C(=O)O[C@@H]1CC[C@@]2(C)[C@@H](CC[C@@H]3[C@@H]2CC[C@]2(C)C(=O)CC[C@@H]32)C1)c1ccc(-c2ccccc2)c(F)c1. The number of hydrogen-bond acceptors (Lipinski definition) is 3. The highest BCUT2D eigenvalue weighted by Crippen LogP contribution is 2.65. The van der Waals surface area contributed by atoms with Crippen molar-refractivity contribution in [2.45, 2.75) is 90.6 Å². The monoisotopic (exact) mass is 516 g/mol. The molecule has 38 heavy (non-hydrogen) atoms. The van der Waals surface area contributed by atoms with E-state index < -0.39 is 5.92 Å². The molecule has 4 aliphatic carbocycles. The van der Waals surface area contributed by atoms with Crippen LogP contribution in [0.15, 0.2) is 48.5 Å². The Morgan fingerprint density at radius 3 is 2.53 bits per heavy atom. The fourth-order valence-corrected chi connectivity index (χ4v) is 9.15. The number of hydrogen-bond donors (Lipinski definition) is 0. The Morgan fingerprint density at radius 1 is 0.974 bits per heavy atom. The summed E-state index contributed by atoms with van der Waals surface area (Å²) in [6.07, 6.45) is 9.33. The number of carbonyl (C=O) groups excluding carboxylic acids is 2. The van der Waals surface area contributed by atoms with Crippen molar-refractivity contribution in [3.8, 4) is 11.1 Å². The molecule has 0 heterocycles. The van der Waals surface area contributed by atoms with Crippen LogP contribution in [0.1, 0.15) is 90.0 Å². The fraction of sp³-hybridized carbons (Fsp3) is 0.588. The van der Waals surface area contributed by atoms with Gasteiger partial charge in [-0.25, -0.2) is 4.39 Å². The molecular weight excluding hydrogens is 475 g/mol. The first kappa shape index (κ1) is 25.8. The van der Waals surface area contributed by atoms with Gasteiger partial charge in [-0.2, -0.15) is 0 Å². The van der Waals surface area contributed by atoms with E-state index in [2.05, 4.69) is 13.8 Å². The number of carbonyl (C=O) groups is 2. The Hall–Kier alpha value is -2.49. The van der Waals surface area contributed by atoms with Gasteiger partial charge in [-0.1, -0.05) is 56.3 Å². The molecule has 3 nitrogen and oxygen atoms in total. The van der Waals surface area contributed by atoms with Gasteiger partial charge in [-0.3, -0.25) is 9.59 Å². The van der Waals surface area contributed by atoms with Gasteiger partial charge < -0.3 is 4.74 Å². The Morgan fingerprint density at radius 2 is 1.76 bits per heavy atom. The molecule has 0 radical (unpaired) electrons. The molecule has 0 bridgehead atoms. The summed E-state index contributed by atoms with van der Waals surface area (Å²) in [7, 11) is 0. The number of rotatable bonds is 4. The van der Waals surface area contributed by atoms with Crippen LogP contribution in [0, 0.1) is 40.3 Å². The Balaban J connectivity index is 1.10. The van der Waals surface area contributed by atoms with Gasteiger partial charge in [0, 0.05) is 17.4 Å². The second-order valence-electron chi connectivity index (χ2n) is 13.2. The summed E-state index contributed by atoms with van der Waals surface area (Å²) < 4.78 is 21.0. The average Bonchev–Trinajstić information content (AvgIpc) is 3.23. The molecule has 0 N–H and O–H groups in total. The molecular formula is C34H41FO3. The molecule has 0 aromatic heterocycles. The normalized spacial score (nSPS) is 37.1. The van der Waals surface area contributed by atoms with Crippen molar-refractivity contribution in [1.29, 1.82) is 0 Å². The van der Waals surface area contributed by atoms with Gasteiger partial charge in [-0.05, 0) is 105 Å². The first-order chi connectivity index (χ1) is 18.2. The lowest BCUT2D eigenvalue weighted by Crippen LogP contribution is -2.54. The first-order valence-corrected chi connectivity index (χ1v) is 14.8. The predicted molar refractivity (Wildman–Crippen MR) is 147 cm³/mol. The van der Waals surface area contributed by atoms with Crippen molar-refractivity contribution >= 4 is 11.8 Å². The van der Waals surface area contributed by atoms with Crippen molar-refractivity contribution < 1.29 is 18.7 Å².